The molecule has 2 atom stereocenters. The molecule has 0 amide bonds. The third kappa shape index (κ3) is 2.07. The molecule has 6 heteroatoms. The molecule has 2 bridgehead atoms. The Morgan fingerprint density at radius 1 is 1.15 bits per heavy atom. The Kier molecular flexibility index (Phi) is 3.17. The minimum absolute atomic E-state index is 0.236. The fraction of sp³-hybridized carbons (Fsp3) is 0.857. The first kappa shape index (κ1) is 14.6. The predicted octanol–water partition coefficient (Wildman–Crippen LogP) is 2.28. The standard InChI is InChI=1S/C14H23BO4S/c1-13(2)14(3,4)19-15(18-13)10-8-11-6-5-7-12(9-10)20(11,16)17/h8,11-12H,5-7,9H2,1-4H3. The van der Waals surface area contributed by atoms with E-state index in [0.717, 1.165) is 24.7 Å². The molecule has 2 saturated heterocycles. The lowest BCUT2D eigenvalue weighted by atomic mass is 9.73. The van der Waals surface area contributed by atoms with Crippen LogP contribution in [0.2, 0.25) is 0 Å². The highest BCUT2D eigenvalue weighted by atomic mass is 32.2. The molecule has 0 N–H and O–H groups in total. The van der Waals surface area contributed by atoms with Crippen LogP contribution in [0.25, 0.3) is 0 Å². The second kappa shape index (κ2) is 4.34. The maximum Gasteiger partial charge on any atom is 0.490 e. The number of hydrogen-bond donors (Lipinski definition) is 0. The first-order valence-electron chi connectivity index (χ1n) is 7.42. The van der Waals surface area contributed by atoms with Crippen molar-refractivity contribution in [2.75, 3.05) is 0 Å². The summed E-state index contributed by atoms with van der Waals surface area (Å²) >= 11 is 0. The van der Waals surface area contributed by atoms with Crippen molar-refractivity contribution in [2.24, 2.45) is 0 Å². The molecule has 0 saturated carbocycles. The third-order valence-electron chi connectivity index (χ3n) is 5.32. The average Bonchev–Trinajstić information content (AvgIpc) is 2.45. The van der Waals surface area contributed by atoms with Crippen molar-refractivity contribution in [1.29, 1.82) is 0 Å². The van der Waals surface area contributed by atoms with E-state index in [1.54, 1.807) is 0 Å². The van der Waals surface area contributed by atoms with E-state index in [2.05, 4.69) is 0 Å². The number of allylic oxidation sites excluding steroid dienone is 1. The normalized spacial score (nSPS) is 37.6. The second-order valence-corrected chi connectivity index (χ2v) is 9.66. The minimum Gasteiger partial charge on any atom is -0.400 e. The lowest BCUT2D eigenvalue weighted by Gasteiger charge is -2.33. The maximum absolute atomic E-state index is 12.3. The Hall–Kier alpha value is -0.325. The first-order chi connectivity index (χ1) is 9.13. The van der Waals surface area contributed by atoms with Crippen LogP contribution < -0.4 is 0 Å². The van der Waals surface area contributed by atoms with Crippen LogP contribution in [-0.2, 0) is 19.1 Å². The highest BCUT2D eigenvalue weighted by Crippen LogP contribution is 2.43. The number of hydrogen-bond acceptors (Lipinski definition) is 4. The molecule has 0 aromatic rings. The number of rotatable bonds is 1. The summed E-state index contributed by atoms with van der Waals surface area (Å²) < 4.78 is 36.7. The van der Waals surface area contributed by atoms with Gasteiger partial charge < -0.3 is 9.31 Å². The fourth-order valence-corrected chi connectivity index (χ4v) is 5.53. The van der Waals surface area contributed by atoms with Crippen molar-refractivity contribution in [2.45, 2.75) is 75.1 Å². The summed E-state index contributed by atoms with van der Waals surface area (Å²) in [5.41, 5.74) is 0.279. The van der Waals surface area contributed by atoms with Gasteiger partial charge in [0.05, 0.1) is 21.7 Å². The van der Waals surface area contributed by atoms with Gasteiger partial charge in [-0.25, -0.2) is 8.42 Å². The Morgan fingerprint density at radius 3 is 2.30 bits per heavy atom. The quantitative estimate of drug-likeness (QED) is 0.697. The summed E-state index contributed by atoms with van der Waals surface area (Å²) in [5, 5.41) is -0.565. The van der Waals surface area contributed by atoms with E-state index in [1.165, 1.54) is 0 Å². The molecule has 0 aromatic heterocycles. The van der Waals surface area contributed by atoms with Crippen molar-refractivity contribution >= 4 is 17.0 Å². The zero-order chi connectivity index (χ0) is 14.8. The summed E-state index contributed by atoms with van der Waals surface area (Å²) in [4.78, 5) is 0. The topological polar surface area (TPSA) is 52.6 Å². The SMILES string of the molecule is CC1(C)OB(C2=CC3CCCC(C2)S3(=O)=O)OC1(C)C. The van der Waals surface area contributed by atoms with Crippen molar-refractivity contribution in [1.82, 2.24) is 0 Å². The molecule has 0 spiro atoms. The highest BCUT2D eigenvalue weighted by molar-refractivity contribution is 7.92. The molecule has 0 aromatic carbocycles. The summed E-state index contributed by atoms with van der Waals surface area (Å²) in [7, 11) is -3.36. The zero-order valence-corrected chi connectivity index (χ0v) is 13.5. The van der Waals surface area contributed by atoms with Crippen LogP contribution in [0.1, 0.15) is 53.4 Å². The number of fused-ring (bicyclic) bond motifs is 2. The van der Waals surface area contributed by atoms with E-state index in [-0.39, 0.29) is 21.7 Å². The molecule has 0 aliphatic carbocycles. The molecular formula is C14H23BO4S. The molecule has 2 unspecified atom stereocenters. The molecule has 3 heterocycles. The Balaban J connectivity index is 1.89. The van der Waals surface area contributed by atoms with Gasteiger partial charge in [-0.15, -0.1) is 0 Å². The van der Waals surface area contributed by atoms with Crippen molar-refractivity contribution in [3.63, 3.8) is 0 Å². The molecule has 20 heavy (non-hydrogen) atoms. The molecule has 2 fully saturated rings. The number of sulfone groups is 1. The van der Waals surface area contributed by atoms with E-state index in [0.29, 0.717) is 6.42 Å². The molecule has 0 radical (unpaired) electrons. The van der Waals surface area contributed by atoms with Gasteiger partial charge in [-0.05, 0) is 52.4 Å². The summed E-state index contributed by atoms with van der Waals surface area (Å²) in [6, 6.07) is 0. The highest BCUT2D eigenvalue weighted by Gasteiger charge is 2.54. The van der Waals surface area contributed by atoms with Gasteiger partial charge in [0.25, 0.3) is 0 Å². The third-order valence-corrected chi connectivity index (χ3v) is 7.87. The molecule has 3 aliphatic rings. The van der Waals surface area contributed by atoms with Gasteiger partial charge in [-0.3, -0.25) is 0 Å². The molecular weight excluding hydrogens is 275 g/mol. The van der Waals surface area contributed by atoms with Gasteiger partial charge >= 0.3 is 7.12 Å². The molecule has 3 rings (SSSR count). The Bertz CT molecular complexity index is 534. The van der Waals surface area contributed by atoms with Crippen LogP contribution in [0.3, 0.4) is 0 Å². The van der Waals surface area contributed by atoms with E-state index in [9.17, 15) is 8.42 Å². The summed E-state index contributed by atoms with van der Waals surface area (Å²) in [5.74, 6) is 0. The lowest BCUT2D eigenvalue weighted by molar-refractivity contribution is 0.00578. The maximum atomic E-state index is 12.3. The van der Waals surface area contributed by atoms with Gasteiger partial charge in [0, 0.05) is 0 Å². The van der Waals surface area contributed by atoms with Gasteiger partial charge in [0.1, 0.15) is 0 Å². The second-order valence-electron chi connectivity index (χ2n) is 7.21. The van der Waals surface area contributed by atoms with E-state index < -0.39 is 17.0 Å². The van der Waals surface area contributed by atoms with Crippen LogP contribution in [0, 0.1) is 0 Å². The zero-order valence-electron chi connectivity index (χ0n) is 12.7. The molecule has 4 nitrogen and oxygen atoms in total. The van der Waals surface area contributed by atoms with Crippen molar-refractivity contribution < 1.29 is 17.7 Å². The predicted molar refractivity (Wildman–Crippen MR) is 79.1 cm³/mol. The first-order valence-corrected chi connectivity index (χ1v) is 9.03. The van der Waals surface area contributed by atoms with Crippen LogP contribution in [0.15, 0.2) is 11.5 Å². The van der Waals surface area contributed by atoms with Gasteiger partial charge in [-0.1, -0.05) is 12.5 Å². The van der Waals surface area contributed by atoms with Gasteiger partial charge in [0.15, 0.2) is 9.84 Å². The van der Waals surface area contributed by atoms with Crippen LogP contribution >= 0.6 is 0 Å². The van der Waals surface area contributed by atoms with E-state index >= 15 is 0 Å². The smallest absolute Gasteiger partial charge is 0.400 e. The Labute approximate surface area is 122 Å². The fourth-order valence-electron chi connectivity index (χ4n) is 3.26. The summed E-state index contributed by atoms with van der Waals surface area (Å²) in [6.45, 7) is 8.09. The van der Waals surface area contributed by atoms with E-state index in [1.807, 2.05) is 33.8 Å². The van der Waals surface area contributed by atoms with Gasteiger partial charge in [-0.2, -0.15) is 0 Å². The van der Waals surface area contributed by atoms with Crippen molar-refractivity contribution in [3.8, 4) is 0 Å². The van der Waals surface area contributed by atoms with E-state index in [4.69, 9.17) is 9.31 Å². The average molecular weight is 298 g/mol. The molecule has 112 valence electrons. The largest absolute Gasteiger partial charge is 0.490 e. The Morgan fingerprint density at radius 2 is 1.75 bits per heavy atom. The lowest BCUT2D eigenvalue weighted by Crippen LogP contribution is -2.41. The van der Waals surface area contributed by atoms with Crippen LogP contribution in [0.5, 0.6) is 0 Å². The van der Waals surface area contributed by atoms with Crippen LogP contribution in [0.4, 0.5) is 0 Å². The summed E-state index contributed by atoms with van der Waals surface area (Å²) in [6.07, 6.45) is 4.97. The van der Waals surface area contributed by atoms with Crippen LogP contribution in [-0.4, -0.2) is 37.2 Å². The monoisotopic (exact) mass is 298 g/mol. The van der Waals surface area contributed by atoms with Gasteiger partial charge in [0.2, 0.25) is 0 Å². The molecule has 3 aliphatic heterocycles. The minimum atomic E-state index is -2.97. The van der Waals surface area contributed by atoms with Crippen molar-refractivity contribution in [3.05, 3.63) is 11.5 Å².